The molecule has 0 saturated heterocycles. The highest BCUT2D eigenvalue weighted by Gasteiger charge is 2.14. The molecule has 0 radical (unpaired) electrons. The molecule has 0 saturated carbocycles. The molecular formula is C12H19NO2. The predicted octanol–water partition coefficient (Wildman–Crippen LogP) is 2.62. The van der Waals surface area contributed by atoms with Gasteiger partial charge in [-0.25, -0.2) is 0 Å². The van der Waals surface area contributed by atoms with Crippen LogP contribution in [0.3, 0.4) is 0 Å². The van der Waals surface area contributed by atoms with Gasteiger partial charge < -0.3 is 15.2 Å². The van der Waals surface area contributed by atoms with Gasteiger partial charge in [0, 0.05) is 19.3 Å². The lowest BCUT2D eigenvalue weighted by Gasteiger charge is -2.23. The van der Waals surface area contributed by atoms with Gasteiger partial charge in [0.1, 0.15) is 5.75 Å². The predicted molar refractivity (Wildman–Crippen MR) is 62.3 cm³/mol. The van der Waals surface area contributed by atoms with Gasteiger partial charge in [0.05, 0.1) is 5.60 Å². The molecule has 0 heterocycles. The standard InChI is InChI=1S/C12H19NO2/c1-12(2,15-3)8-9-13-10-4-6-11(14)7-5-10/h4-7,13-14H,8-9H2,1-3H3. The summed E-state index contributed by atoms with van der Waals surface area (Å²) in [6.45, 7) is 4.97. The molecule has 0 aliphatic rings. The largest absolute Gasteiger partial charge is 0.508 e. The Bertz CT molecular complexity index is 293. The summed E-state index contributed by atoms with van der Waals surface area (Å²) in [5.74, 6) is 0.290. The Balaban J connectivity index is 2.35. The van der Waals surface area contributed by atoms with Crippen molar-refractivity contribution in [3.63, 3.8) is 0 Å². The van der Waals surface area contributed by atoms with E-state index in [4.69, 9.17) is 9.84 Å². The Labute approximate surface area is 91.1 Å². The van der Waals surface area contributed by atoms with E-state index in [1.165, 1.54) is 0 Å². The number of ether oxygens (including phenoxy) is 1. The number of hydrogen-bond donors (Lipinski definition) is 2. The Hall–Kier alpha value is -1.22. The Morgan fingerprint density at radius 1 is 1.27 bits per heavy atom. The minimum Gasteiger partial charge on any atom is -0.508 e. The molecule has 0 fully saturated rings. The SMILES string of the molecule is COC(C)(C)CCNc1ccc(O)cc1. The van der Waals surface area contributed by atoms with Crippen molar-refractivity contribution in [2.45, 2.75) is 25.9 Å². The minimum atomic E-state index is -0.0933. The molecule has 0 spiro atoms. The second kappa shape index (κ2) is 5.03. The number of phenols is 1. The second-order valence-electron chi connectivity index (χ2n) is 4.19. The average molecular weight is 209 g/mol. The number of benzene rings is 1. The van der Waals surface area contributed by atoms with Gasteiger partial charge >= 0.3 is 0 Å². The van der Waals surface area contributed by atoms with Gasteiger partial charge in [-0.05, 0) is 44.5 Å². The van der Waals surface area contributed by atoms with Crippen molar-refractivity contribution >= 4 is 5.69 Å². The first-order valence-corrected chi connectivity index (χ1v) is 5.11. The number of phenolic OH excluding ortho intramolecular Hbond substituents is 1. The van der Waals surface area contributed by atoms with E-state index in [9.17, 15) is 0 Å². The summed E-state index contributed by atoms with van der Waals surface area (Å²) in [6.07, 6.45) is 0.935. The van der Waals surface area contributed by atoms with E-state index >= 15 is 0 Å². The van der Waals surface area contributed by atoms with E-state index in [2.05, 4.69) is 19.2 Å². The average Bonchev–Trinajstić information content (AvgIpc) is 2.21. The van der Waals surface area contributed by atoms with Crippen LogP contribution in [0.4, 0.5) is 5.69 Å². The maximum atomic E-state index is 9.10. The molecule has 0 aliphatic carbocycles. The fourth-order valence-electron chi connectivity index (χ4n) is 1.19. The molecule has 0 aliphatic heterocycles. The molecule has 15 heavy (non-hydrogen) atoms. The molecule has 1 aromatic carbocycles. The summed E-state index contributed by atoms with van der Waals surface area (Å²) in [7, 11) is 1.72. The van der Waals surface area contributed by atoms with E-state index < -0.39 is 0 Å². The van der Waals surface area contributed by atoms with Gasteiger partial charge in [-0.2, -0.15) is 0 Å². The highest BCUT2D eigenvalue weighted by Crippen LogP contribution is 2.16. The normalized spacial score (nSPS) is 11.4. The first-order valence-electron chi connectivity index (χ1n) is 5.11. The van der Waals surface area contributed by atoms with Crippen LogP contribution in [-0.4, -0.2) is 24.4 Å². The highest BCUT2D eigenvalue weighted by molar-refractivity contribution is 5.45. The molecule has 3 nitrogen and oxygen atoms in total. The van der Waals surface area contributed by atoms with E-state index in [1.54, 1.807) is 19.2 Å². The van der Waals surface area contributed by atoms with Gasteiger partial charge in [0.2, 0.25) is 0 Å². The van der Waals surface area contributed by atoms with Crippen molar-refractivity contribution in [3.8, 4) is 5.75 Å². The molecule has 2 N–H and O–H groups in total. The maximum absolute atomic E-state index is 9.10. The fourth-order valence-corrected chi connectivity index (χ4v) is 1.19. The lowest BCUT2D eigenvalue weighted by molar-refractivity contribution is 0.0185. The van der Waals surface area contributed by atoms with Crippen LogP contribution in [0.5, 0.6) is 5.75 Å². The molecule has 0 amide bonds. The smallest absolute Gasteiger partial charge is 0.115 e. The summed E-state index contributed by atoms with van der Waals surface area (Å²) in [5.41, 5.74) is 0.920. The van der Waals surface area contributed by atoms with Gasteiger partial charge in [-0.3, -0.25) is 0 Å². The maximum Gasteiger partial charge on any atom is 0.115 e. The lowest BCUT2D eigenvalue weighted by Crippen LogP contribution is -2.25. The molecule has 1 aromatic rings. The van der Waals surface area contributed by atoms with Gasteiger partial charge in [0.15, 0.2) is 0 Å². The van der Waals surface area contributed by atoms with Crippen LogP contribution in [-0.2, 0) is 4.74 Å². The molecule has 1 rings (SSSR count). The first-order chi connectivity index (χ1) is 7.03. The molecule has 0 atom stereocenters. The van der Waals surface area contributed by atoms with Gasteiger partial charge in [-0.15, -0.1) is 0 Å². The lowest BCUT2D eigenvalue weighted by atomic mass is 10.1. The van der Waals surface area contributed by atoms with Crippen molar-refractivity contribution in [2.75, 3.05) is 19.0 Å². The number of hydrogen-bond acceptors (Lipinski definition) is 3. The number of aromatic hydroxyl groups is 1. The van der Waals surface area contributed by atoms with Crippen LogP contribution in [0, 0.1) is 0 Å². The van der Waals surface area contributed by atoms with E-state index in [0.717, 1.165) is 18.7 Å². The monoisotopic (exact) mass is 209 g/mol. The molecular weight excluding hydrogens is 190 g/mol. The number of methoxy groups -OCH3 is 1. The van der Waals surface area contributed by atoms with E-state index in [-0.39, 0.29) is 11.4 Å². The molecule has 0 unspecified atom stereocenters. The summed E-state index contributed by atoms with van der Waals surface area (Å²) in [4.78, 5) is 0. The fraction of sp³-hybridized carbons (Fsp3) is 0.500. The minimum absolute atomic E-state index is 0.0933. The van der Waals surface area contributed by atoms with Gasteiger partial charge in [0.25, 0.3) is 0 Å². The topological polar surface area (TPSA) is 41.5 Å². The first kappa shape index (κ1) is 11.9. The third-order valence-corrected chi connectivity index (χ3v) is 2.48. The molecule has 0 aromatic heterocycles. The van der Waals surface area contributed by atoms with Crippen molar-refractivity contribution in [1.29, 1.82) is 0 Å². The number of anilines is 1. The Morgan fingerprint density at radius 3 is 2.40 bits per heavy atom. The zero-order valence-electron chi connectivity index (χ0n) is 9.58. The summed E-state index contributed by atoms with van der Waals surface area (Å²) in [6, 6.07) is 7.05. The highest BCUT2D eigenvalue weighted by atomic mass is 16.5. The third kappa shape index (κ3) is 4.21. The van der Waals surface area contributed by atoms with Crippen molar-refractivity contribution in [3.05, 3.63) is 24.3 Å². The van der Waals surface area contributed by atoms with Crippen LogP contribution >= 0.6 is 0 Å². The Kier molecular flexibility index (Phi) is 3.97. The van der Waals surface area contributed by atoms with Gasteiger partial charge in [-0.1, -0.05) is 0 Å². The molecule has 84 valence electrons. The number of rotatable bonds is 5. The van der Waals surface area contributed by atoms with Crippen molar-refractivity contribution in [2.24, 2.45) is 0 Å². The van der Waals surface area contributed by atoms with Crippen LogP contribution in [0.15, 0.2) is 24.3 Å². The molecule has 0 bridgehead atoms. The van der Waals surface area contributed by atoms with Crippen LogP contribution < -0.4 is 5.32 Å². The summed E-state index contributed by atoms with van der Waals surface area (Å²) in [5, 5.41) is 12.4. The zero-order valence-corrected chi connectivity index (χ0v) is 9.58. The van der Waals surface area contributed by atoms with E-state index in [1.807, 2.05) is 12.1 Å². The second-order valence-corrected chi connectivity index (χ2v) is 4.19. The number of nitrogens with one attached hydrogen (secondary N) is 1. The summed E-state index contributed by atoms with van der Waals surface area (Å²) >= 11 is 0. The van der Waals surface area contributed by atoms with E-state index in [0.29, 0.717) is 0 Å². The van der Waals surface area contributed by atoms with Crippen LogP contribution in [0.1, 0.15) is 20.3 Å². The third-order valence-electron chi connectivity index (χ3n) is 2.48. The Morgan fingerprint density at radius 2 is 1.87 bits per heavy atom. The van der Waals surface area contributed by atoms with Crippen LogP contribution in [0.2, 0.25) is 0 Å². The zero-order chi connectivity index (χ0) is 11.3. The summed E-state index contributed by atoms with van der Waals surface area (Å²) < 4.78 is 5.31. The molecule has 3 heteroatoms. The van der Waals surface area contributed by atoms with Crippen molar-refractivity contribution in [1.82, 2.24) is 0 Å². The quantitative estimate of drug-likeness (QED) is 0.732. The van der Waals surface area contributed by atoms with Crippen LogP contribution in [0.25, 0.3) is 0 Å². The van der Waals surface area contributed by atoms with Crippen molar-refractivity contribution < 1.29 is 9.84 Å².